The molecule has 2 aromatic rings. The Morgan fingerprint density at radius 1 is 0.867 bits per heavy atom. The van der Waals surface area contributed by atoms with Gasteiger partial charge in [-0.15, -0.1) is 0 Å². The van der Waals surface area contributed by atoms with Gasteiger partial charge in [0.25, 0.3) is 11.8 Å². The van der Waals surface area contributed by atoms with Crippen molar-refractivity contribution in [1.29, 1.82) is 0 Å². The molecule has 0 saturated carbocycles. The van der Waals surface area contributed by atoms with E-state index in [2.05, 4.69) is 0 Å². The van der Waals surface area contributed by atoms with Gasteiger partial charge in [0, 0.05) is 37.8 Å². The zero-order valence-electron chi connectivity index (χ0n) is 17.3. The molecular weight excluding hydrogens is 388 g/mol. The standard InChI is InChI=1S/C22H26N2O6/c1-15(30-18-6-4-17(25)5-7-18)21(26)23-8-10-24(11-9-23)22(27)16-12-19(28-2)14-20(13-16)29-3/h4-7,12-15,25H,8-11H2,1-3H3. The number of carbonyl (C=O) groups is 2. The number of phenols is 1. The topological polar surface area (TPSA) is 88.5 Å². The van der Waals surface area contributed by atoms with Crippen LogP contribution in [0.1, 0.15) is 17.3 Å². The number of carbonyl (C=O) groups excluding carboxylic acids is 2. The number of nitrogens with zero attached hydrogens (tertiary/aromatic N) is 2. The zero-order chi connectivity index (χ0) is 21.7. The van der Waals surface area contributed by atoms with E-state index in [-0.39, 0.29) is 17.6 Å². The molecule has 3 rings (SSSR count). The van der Waals surface area contributed by atoms with Crippen LogP contribution in [-0.4, -0.2) is 73.2 Å². The predicted octanol–water partition coefficient (Wildman–Crippen LogP) is 2.16. The largest absolute Gasteiger partial charge is 0.508 e. The second-order valence-electron chi connectivity index (χ2n) is 6.97. The summed E-state index contributed by atoms with van der Waals surface area (Å²) in [4.78, 5) is 29.0. The maximum atomic E-state index is 12.9. The predicted molar refractivity (Wildman–Crippen MR) is 110 cm³/mol. The molecular formula is C22H26N2O6. The number of rotatable bonds is 6. The van der Waals surface area contributed by atoms with Gasteiger partial charge in [-0.25, -0.2) is 0 Å². The molecule has 1 aliphatic heterocycles. The van der Waals surface area contributed by atoms with Gasteiger partial charge in [-0.3, -0.25) is 9.59 Å². The third-order valence-corrected chi connectivity index (χ3v) is 4.97. The van der Waals surface area contributed by atoms with E-state index in [1.54, 1.807) is 47.1 Å². The van der Waals surface area contributed by atoms with Gasteiger partial charge < -0.3 is 29.1 Å². The minimum atomic E-state index is -0.667. The van der Waals surface area contributed by atoms with Crippen LogP contribution < -0.4 is 14.2 Å². The summed E-state index contributed by atoms with van der Waals surface area (Å²) in [5.74, 6) is 1.47. The molecule has 1 N–H and O–H groups in total. The lowest BCUT2D eigenvalue weighted by molar-refractivity contribution is -0.139. The van der Waals surface area contributed by atoms with Crippen molar-refractivity contribution in [2.24, 2.45) is 0 Å². The number of ether oxygens (including phenoxy) is 3. The number of aromatic hydroxyl groups is 1. The highest BCUT2D eigenvalue weighted by Gasteiger charge is 2.28. The maximum Gasteiger partial charge on any atom is 0.263 e. The van der Waals surface area contributed by atoms with E-state index in [0.717, 1.165) is 0 Å². The lowest BCUT2D eigenvalue weighted by Crippen LogP contribution is -2.53. The van der Waals surface area contributed by atoms with Gasteiger partial charge in [0.2, 0.25) is 0 Å². The molecule has 30 heavy (non-hydrogen) atoms. The third kappa shape index (κ3) is 4.94. The van der Waals surface area contributed by atoms with Crippen molar-refractivity contribution >= 4 is 11.8 Å². The molecule has 8 heteroatoms. The van der Waals surface area contributed by atoms with Gasteiger partial charge in [-0.1, -0.05) is 0 Å². The minimum absolute atomic E-state index is 0.132. The Hall–Kier alpha value is -3.42. The van der Waals surface area contributed by atoms with Crippen LogP contribution in [-0.2, 0) is 4.79 Å². The molecule has 160 valence electrons. The molecule has 2 aromatic carbocycles. The average molecular weight is 414 g/mol. The molecule has 8 nitrogen and oxygen atoms in total. The van der Waals surface area contributed by atoms with E-state index in [1.807, 2.05) is 0 Å². The first-order valence-electron chi connectivity index (χ1n) is 9.68. The summed E-state index contributed by atoms with van der Waals surface area (Å²) < 4.78 is 16.1. The first-order chi connectivity index (χ1) is 14.4. The number of methoxy groups -OCH3 is 2. The normalized spacial score (nSPS) is 14.8. The second kappa shape index (κ2) is 9.39. The molecule has 1 fully saturated rings. The Morgan fingerprint density at radius 3 is 1.93 bits per heavy atom. The molecule has 2 amide bonds. The van der Waals surface area contributed by atoms with Crippen LogP contribution in [0, 0.1) is 0 Å². The van der Waals surface area contributed by atoms with Crippen molar-refractivity contribution in [1.82, 2.24) is 9.80 Å². The van der Waals surface area contributed by atoms with Crippen molar-refractivity contribution in [3.05, 3.63) is 48.0 Å². The molecule has 0 bridgehead atoms. The van der Waals surface area contributed by atoms with Gasteiger partial charge in [0.15, 0.2) is 6.10 Å². The molecule has 0 aliphatic carbocycles. The fraction of sp³-hybridized carbons (Fsp3) is 0.364. The summed E-state index contributed by atoms with van der Waals surface area (Å²) in [6, 6.07) is 11.3. The Morgan fingerprint density at radius 2 is 1.40 bits per heavy atom. The SMILES string of the molecule is COc1cc(OC)cc(C(=O)N2CCN(C(=O)C(C)Oc3ccc(O)cc3)CC2)c1. The number of benzene rings is 2. The third-order valence-electron chi connectivity index (χ3n) is 4.97. The number of phenolic OH excluding ortho intramolecular Hbond substituents is 1. The van der Waals surface area contributed by atoms with Crippen LogP contribution in [0.3, 0.4) is 0 Å². The van der Waals surface area contributed by atoms with Gasteiger partial charge in [0.1, 0.15) is 23.0 Å². The van der Waals surface area contributed by atoms with Crippen LogP contribution in [0.5, 0.6) is 23.0 Å². The van der Waals surface area contributed by atoms with E-state index >= 15 is 0 Å². The highest BCUT2D eigenvalue weighted by molar-refractivity contribution is 5.95. The molecule has 1 unspecified atom stereocenters. The van der Waals surface area contributed by atoms with E-state index < -0.39 is 6.10 Å². The van der Waals surface area contributed by atoms with Crippen molar-refractivity contribution < 1.29 is 28.9 Å². The van der Waals surface area contributed by atoms with Gasteiger partial charge in [0.05, 0.1) is 14.2 Å². The maximum absolute atomic E-state index is 12.9. The number of piperazine rings is 1. The Balaban J connectivity index is 1.58. The van der Waals surface area contributed by atoms with E-state index in [9.17, 15) is 14.7 Å². The Labute approximate surface area is 175 Å². The molecule has 0 spiro atoms. The summed E-state index contributed by atoms with van der Waals surface area (Å²) in [5.41, 5.74) is 0.481. The first-order valence-corrected chi connectivity index (χ1v) is 9.68. The first kappa shape index (κ1) is 21.3. The number of hydrogen-bond donors (Lipinski definition) is 1. The van der Waals surface area contributed by atoms with Crippen molar-refractivity contribution in [3.8, 4) is 23.0 Å². The van der Waals surface area contributed by atoms with Crippen LogP contribution in [0.2, 0.25) is 0 Å². The highest BCUT2D eigenvalue weighted by Crippen LogP contribution is 2.24. The lowest BCUT2D eigenvalue weighted by Gasteiger charge is -2.36. The molecule has 1 heterocycles. The zero-order valence-corrected chi connectivity index (χ0v) is 17.3. The molecule has 1 aliphatic rings. The number of hydrogen-bond acceptors (Lipinski definition) is 6. The Bertz CT molecular complexity index is 869. The number of amides is 2. The minimum Gasteiger partial charge on any atom is -0.508 e. The summed E-state index contributed by atoms with van der Waals surface area (Å²) in [7, 11) is 3.07. The van der Waals surface area contributed by atoms with Crippen molar-refractivity contribution in [2.45, 2.75) is 13.0 Å². The fourth-order valence-electron chi connectivity index (χ4n) is 3.28. The van der Waals surface area contributed by atoms with Crippen molar-refractivity contribution in [2.75, 3.05) is 40.4 Å². The van der Waals surface area contributed by atoms with E-state index in [4.69, 9.17) is 14.2 Å². The lowest BCUT2D eigenvalue weighted by atomic mass is 10.1. The van der Waals surface area contributed by atoms with E-state index in [0.29, 0.717) is 49.0 Å². The summed E-state index contributed by atoms with van der Waals surface area (Å²) in [5, 5.41) is 9.34. The second-order valence-corrected chi connectivity index (χ2v) is 6.97. The van der Waals surface area contributed by atoms with Crippen molar-refractivity contribution in [3.63, 3.8) is 0 Å². The van der Waals surface area contributed by atoms with Crippen LogP contribution in [0.4, 0.5) is 0 Å². The van der Waals surface area contributed by atoms with E-state index in [1.165, 1.54) is 26.4 Å². The highest BCUT2D eigenvalue weighted by atomic mass is 16.5. The van der Waals surface area contributed by atoms with Gasteiger partial charge in [-0.2, -0.15) is 0 Å². The summed E-state index contributed by atoms with van der Waals surface area (Å²) >= 11 is 0. The smallest absolute Gasteiger partial charge is 0.263 e. The average Bonchev–Trinajstić information content (AvgIpc) is 2.79. The molecule has 1 atom stereocenters. The van der Waals surface area contributed by atoms with Crippen LogP contribution in [0.15, 0.2) is 42.5 Å². The molecule has 1 saturated heterocycles. The van der Waals surface area contributed by atoms with Gasteiger partial charge >= 0.3 is 0 Å². The Kier molecular flexibility index (Phi) is 6.66. The summed E-state index contributed by atoms with van der Waals surface area (Å²) in [6.07, 6.45) is -0.667. The quantitative estimate of drug-likeness (QED) is 0.779. The molecule has 0 aromatic heterocycles. The summed E-state index contributed by atoms with van der Waals surface area (Å²) in [6.45, 7) is 3.39. The van der Waals surface area contributed by atoms with Crippen LogP contribution in [0.25, 0.3) is 0 Å². The fourth-order valence-corrected chi connectivity index (χ4v) is 3.28. The molecule has 0 radical (unpaired) electrons. The van der Waals surface area contributed by atoms with Crippen LogP contribution >= 0.6 is 0 Å². The van der Waals surface area contributed by atoms with Gasteiger partial charge in [-0.05, 0) is 43.3 Å². The monoisotopic (exact) mass is 414 g/mol.